The fourth-order valence-corrected chi connectivity index (χ4v) is 1.12. The molecule has 0 saturated heterocycles. The third-order valence-corrected chi connectivity index (χ3v) is 1.91. The van der Waals surface area contributed by atoms with Crippen LogP contribution in [-0.2, 0) is 4.79 Å². The Morgan fingerprint density at radius 2 is 2.00 bits per heavy atom. The minimum absolute atomic E-state index is 0.0320. The third kappa shape index (κ3) is 3.08. The molecule has 0 unspecified atom stereocenters. The summed E-state index contributed by atoms with van der Waals surface area (Å²) in [5.41, 5.74) is 0.591. The molecule has 0 radical (unpaired) electrons. The Labute approximate surface area is 87.1 Å². The van der Waals surface area contributed by atoms with Crippen molar-refractivity contribution in [3.05, 3.63) is 23.6 Å². The Bertz CT molecular complexity index is 339. The van der Waals surface area contributed by atoms with Crippen molar-refractivity contribution >= 4 is 11.6 Å². The van der Waals surface area contributed by atoms with Crippen molar-refractivity contribution in [2.45, 2.75) is 19.9 Å². The van der Waals surface area contributed by atoms with E-state index in [1.54, 1.807) is 0 Å². The standard InChI is InChI=1S/C9H12N4O2/c1-6(2)8(9(14)13-15)12-7-3-10-5-11-4-7/h3-6,8,12H,1-2H3/t8-/m0/s1. The van der Waals surface area contributed by atoms with Gasteiger partial charge in [0.2, 0.25) is 0 Å². The van der Waals surface area contributed by atoms with Crippen LogP contribution in [0.25, 0.3) is 0 Å². The van der Waals surface area contributed by atoms with E-state index in [1.165, 1.54) is 18.7 Å². The molecule has 0 aliphatic carbocycles. The number of anilines is 1. The number of nitroso groups, excluding NO2 is 1. The van der Waals surface area contributed by atoms with E-state index in [1.807, 2.05) is 13.8 Å². The molecule has 0 saturated carbocycles. The SMILES string of the molecule is CC(C)[C@H](Nc1cncnc1)C(=O)N=O. The summed E-state index contributed by atoms with van der Waals surface area (Å²) in [6, 6.07) is -0.631. The fraction of sp³-hybridized carbons (Fsp3) is 0.444. The Morgan fingerprint density at radius 1 is 1.40 bits per heavy atom. The lowest BCUT2D eigenvalue weighted by Gasteiger charge is -2.18. The summed E-state index contributed by atoms with van der Waals surface area (Å²) in [6.07, 6.45) is 4.44. The van der Waals surface area contributed by atoms with Crippen LogP contribution in [0, 0.1) is 10.8 Å². The van der Waals surface area contributed by atoms with Crippen LogP contribution in [0.1, 0.15) is 13.8 Å². The van der Waals surface area contributed by atoms with Gasteiger partial charge in [-0.2, -0.15) is 0 Å². The third-order valence-electron chi connectivity index (χ3n) is 1.91. The number of amides is 1. The highest BCUT2D eigenvalue weighted by Gasteiger charge is 2.22. The summed E-state index contributed by atoms with van der Waals surface area (Å²) < 4.78 is 0. The van der Waals surface area contributed by atoms with Crippen LogP contribution in [0.4, 0.5) is 5.69 Å². The average Bonchev–Trinajstić information content (AvgIpc) is 2.26. The maximum atomic E-state index is 11.2. The number of hydrogen-bond acceptors (Lipinski definition) is 5. The molecular weight excluding hydrogens is 196 g/mol. The van der Waals surface area contributed by atoms with E-state index in [0.717, 1.165) is 0 Å². The molecule has 1 N–H and O–H groups in total. The minimum Gasteiger partial charge on any atom is -0.371 e. The van der Waals surface area contributed by atoms with Crippen molar-refractivity contribution < 1.29 is 4.79 Å². The molecule has 6 heteroatoms. The molecule has 1 rings (SSSR count). The van der Waals surface area contributed by atoms with Crippen LogP contribution in [0.3, 0.4) is 0 Å². The molecule has 0 spiro atoms. The summed E-state index contributed by atoms with van der Waals surface area (Å²) in [5, 5.41) is 5.27. The molecule has 0 aliphatic heterocycles. The second kappa shape index (κ2) is 5.14. The van der Waals surface area contributed by atoms with Gasteiger partial charge >= 0.3 is 5.91 Å². The highest BCUT2D eigenvalue weighted by molar-refractivity contribution is 5.85. The highest BCUT2D eigenvalue weighted by Crippen LogP contribution is 2.11. The topological polar surface area (TPSA) is 84.3 Å². The van der Waals surface area contributed by atoms with E-state index in [0.29, 0.717) is 5.69 Å². The zero-order valence-corrected chi connectivity index (χ0v) is 8.54. The van der Waals surface area contributed by atoms with E-state index in [2.05, 4.69) is 20.5 Å². The zero-order valence-electron chi connectivity index (χ0n) is 8.54. The number of carbonyl (C=O) groups excluding carboxylic acids is 1. The lowest BCUT2D eigenvalue weighted by atomic mass is 10.0. The molecule has 1 aromatic rings. The molecule has 1 aromatic heterocycles. The molecule has 6 nitrogen and oxygen atoms in total. The van der Waals surface area contributed by atoms with Crippen molar-refractivity contribution in [1.82, 2.24) is 9.97 Å². The van der Waals surface area contributed by atoms with Gasteiger partial charge in [0.15, 0.2) is 0 Å². The smallest absolute Gasteiger partial charge is 0.308 e. The quantitative estimate of drug-likeness (QED) is 0.751. The maximum Gasteiger partial charge on any atom is 0.308 e. The molecule has 0 aliphatic rings. The van der Waals surface area contributed by atoms with Crippen LogP contribution in [0.5, 0.6) is 0 Å². The Hall–Kier alpha value is -1.85. The van der Waals surface area contributed by atoms with Gasteiger partial charge in [0, 0.05) is 5.18 Å². The van der Waals surface area contributed by atoms with Gasteiger partial charge in [0.25, 0.3) is 0 Å². The van der Waals surface area contributed by atoms with Gasteiger partial charge in [-0.25, -0.2) is 9.97 Å². The Balaban J connectivity index is 2.76. The van der Waals surface area contributed by atoms with Gasteiger partial charge < -0.3 is 5.32 Å². The predicted molar refractivity (Wildman–Crippen MR) is 55.1 cm³/mol. The first-order valence-corrected chi connectivity index (χ1v) is 4.54. The Morgan fingerprint density at radius 3 is 2.47 bits per heavy atom. The number of nitrogens with zero attached hydrogens (tertiary/aromatic N) is 3. The summed E-state index contributed by atoms with van der Waals surface area (Å²) in [6.45, 7) is 3.65. The average molecular weight is 208 g/mol. The maximum absolute atomic E-state index is 11.2. The Kier molecular flexibility index (Phi) is 3.84. The molecule has 1 amide bonds. The predicted octanol–water partition coefficient (Wildman–Crippen LogP) is 1.21. The van der Waals surface area contributed by atoms with Gasteiger partial charge in [-0.3, -0.25) is 4.79 Å². The first-order valence-electron chi connectivity index (χ1n) is 4.54. The number of nitrogens with one attached hydrogen (secondary N) is 1. The fourth-order valence-electron chi connectivity index (χ4n) is 1.12. The van der Waals surface area contributed by atoms with Crippen molar-refractivity contribution in [2.24, 2.45) is 11.1 Å². The van der Waals surface area contributed by atoms with E-state index in [9.17, 15) is 9.70 Å². The van der Waals surface area contributed by atoms with E-state index >= 15 is 0 Å². The van der Waals surface area contributed by atoms with Crippen molar-refractivity contribution in [3.8, 4) is 0 Å². The van der Waals surface area contributed by atoms with Crippen molar-refractivity contribution in [2.75, 3.05) is 5.32 Å². The van der Waals surface area contributed by atoms with E-state index < -0.39 is 11.9 Å². The number of aromatic nitrogens is 2. The second-order valence-corrected chi connectivity index (χ2v) is 3.42. The normalized spacial score (nSPS) is 12.2. The van der Waals surface area contributed by atoms with Gasteiger partial charge in [0.05, 0.1) is 18.1 Å². The van der Waals surface area contributed by atoms with Gasteiger partial charge in [-0.1, -0.05) is 13.8 Å². The van der Waals surface area contributed by atoms with Crippen LogP contribution in [0.15, 0.2) is 23.9 Å². The number of hydrogen-bond donors (Lipinski definition) is 1. The number of rotatable bonds is 4. The summed E-state index contributed by atoms with van der Waals surface area (Å²) in [7, 11) is 0. The van der Waals surface area contributed by atoms with Crippen LogP contribution in [0.2, 0.25) is 0 Å². The van der Waals surface area contributed by atoms with Gasteiger partial charge in [0.1, 0.15) is 12.4 Å². The lowest BCUT2D eigenvalue weighted by Crippen LogP contribution is -2.33. The van der Waals surface area contributed by atoms with Gasteiger partial charge in [-0.05, 0) is 5.92 Å². The first kappa shape index (κ1) is 11.2. The van der Waals surface area contributed by atoms with E-state index in [4.69, 9.17) is 0 Å². The number of carbonyl (C=O) groups is 1. The van der Waals surface area contributed by atoms with E-state index in [-0.39, 0.29) is 5.92 Å². The van der Waals surface area contributed by atoms with Gasteiger partial charge in [-0.15, -0.1) is 4.91 Å². The molecule has 0 aromatic carbocycles. The molecule has 0 bridgehead atoms. The monoisotopic (exact) mass is 208 g/mol. The zero-order chi connectivity index (χ0) is 11.3. The lowest BCUT2D eigenvalue weighted by molar-refractivity contribution is -0.119. The van der Waals surface area contributed by atoms with Crippen molar-refractivity contribution in [1.29, 1.82) is 0 Å². The summed E-state index contributed by atoms with van der Waals surface area (Å²) >= 11 is 0. The van der Waals surface area contributed by atoms with Crippen LogP contribution >= 0.6 is 0 Å². The second-order valence-electron chi connectivity index (χ2n) is 3.42. The molecule has 80 valence electrons. The summed E-state index contributed by atoms with van der Waals surface area (Å²) in [4.78, 5) is 28.9. The first-order chi connectivity index (χ1) is 7.15. The summed E-state index contributed by atoms with van der Waals surface area (Å²) in [5.74, 6) is -0.746. The van der Waals surface area contributed by atoms with Crippen molar-refractivity contribution in [3.63, 3.8) is 0 Å². The van der Waals surface area contributed by atoms with Crippen LogP contribution < -0.4 is 5.32 Å². The van der Waals surface area contributed by atoms with Crippen LogP contribution in [-0.4, -0.2) is 21.9 Å². The molecule has 0 fully saturated rings. The largest absolute Gasteiger partial charge is 0.371 e. The molecule has 15 heavy (non-hydrogen) atoms. The minimum atomic E-state index is -0.714. The molecular formula is C9H12N4O2. The molecule has 1 heterocycles. The highest BCUT2D eigenvalue weighted by atomic mass is 16.3. The molecule has 1 atom stereocenters.